The summed E-state index contributed by atoms with van der Waals surface area (Å²) in [5.41, 5.74) is 7.49. The second-order valence-electron chi connectivity index (χ2n) is 6.42. The van der Waals surface area contributed by atoms with Crippen molar-refractivity contribution in [3.05, 3.63) is 35.9 Å². The van der Waals surface area contributed by atoms with Crippen molar-refractivity contribution in [2.24, 2.45) is 11.7 Å². The van der Waals surface area contributed by atoms with E-state index in [0.717, 1.165) is 24.9 Å². The maximum absolute atomic E-state index is 6.23. The molecule has 0 aromatic heterocycles. The highest BCUT2D eigenvalue weighted by atomic mass is 14.9. The standard InChI is InChI=1S/C18H30N2/c1-15-7-5-10-17(13-12-15)20-14-6-11-18(19)16-8-3-2-4-9-16/h2-4,8-9,15,17-18,20H,5-7,10-14,19H2,1H3. The van der Waals surface area contributed by atoms with Gasteiger partial charge in [-0.25, -0.2) is 0 Å². The van der Waals surface area contributed by atoms with Crippen molar-refractivity contribution in [3.8, 4) is 0 Å². The van der Waals surface area contributed by atoms with Crippen LogP contribution in [0.4, 0.5) is 0 Å². The van der Waals surface area contributed by atoms with Crippen molar-refractivity contribution in [1.82, 2.24) is 5.32 Å². The molecule has 1 saturated carbocycles. The smallest absolute Gasteiger partial charge is 0.0295 e. The molecule has 0 radical (unpaired) electrons. The second-order valence-corrected chi connectivity index (χ2v) is 6.42. The summed E-state index contributed by atoms with van der Waals surface area (Å²) in [6.45, 7) is 3.50. The number of nitrogens with one attached hydrogen (secondary N) is 1. The lowest BCUT2D eigenvalue weighted by molar-refractivity contribution is 0.436. The Morgan fingerprint density at radius 1 is 1.15 bits per heavy atom. The van der Waals surface area contributed by atoms with E-state index < -0.39 is 0 Å². The predicted octanol–water partition coefficient (Wildman–Crippen LogP) is 4.03. The fourth-order valence-electron chi connectivity index (χ4n) is 3.19. The molecule has 3 unspecified atom stereocenters. The molecule has 0 bridgehead atoms. The van der Waals surface area contributed by atoms with Crippen molar-refractivity contribution in [1.29, 1.82) is 0 Å². The summed E-state index contributed by atoms with van der Waals surface area (Å²) in [4.78, 5) is 0. The molecular weight excluding hydrogens is 244 g/mol. The van der Waals surface area contributed by atoms with Gasteiger partial charge in [0.1, 0.15) is 0 Å². The Bertz CT molecular complexity index is 363. The average molecular weight is 274 g/mol. The Kier molecular flexibility index (Phi) is 6.55. The first-order valence-electron chi connectivity index (χ1n) is 8.29. The van der Waals surface area contributed by atoms with Crippen LogP contribution in [0.5, 0.6) is 0 Å². The number of nitrogens with two attached hydrogens (primary N) is 1. The minimum absolute atomic E-state index is 0.187. The molecule has 112 valence electrons. The minimum atomic E-state index is 0.187. The molecule has 3 atom stereocenters. The lowest BCUT2D eigenvalue weighted by atomic mass is 10.0. The van der Waals surface area contributed by atoms with Gasteiger partial charge in [0.25, 0.3) is 0 Å². The summed E-state index contributed by atoms with van der Waals surface area (Å²) in [6.07, 6.45) is 9.14. The first-order chi connectivity index (χ1) is 9.75. The molecule has 0 spiro atoms. The molecule has 0 saturated heterocycles. The molecule has 1 aliphatic carbocycles. The fourth-order valence-corrected chi connectivity index (χ4v) is 3.19. The van der Waals surface area contributed by atoms with E-state index in [1.807, 2.05) is 6.07 Å². The zero-order chi connectivity index (χ0) is 14.2. The van der Waals surface area contributed by atoms with Crippen LogP contribution in [-0.4, -0.2) is 12.6 Å². The highest BCUT2D eigenvalue weighted by Gasteiger charge is 2.15. The van der Waals surface area contributed by atoms with E-state index in [4.69, 9.17) is 5.73 Å². The highest BCUT2D eigenvalue weighted by Crippen LogP contribution is 2.22. The number of rotatable bonds is 6. The van der Waals surface area contributed by atoms with Crippen molar-refractivity contribution < 1.29 is 0 Å². The SMILES string of the molecule is CC1CCCC(NCCCC(N)c2ccccc2)CC1. The highest BCUT2D eigenvalue weighted by molar-refractivity contribution is 5.18. The fraction of sp³-hybridized carbons (Fsp3) is 0.667. The van der Waals surface area contributed by atoms with E-state index in [1.165, 1.54) is 44.1 Å². The van der Waals surface area contributed by atoms with Gasteiger partial charge in [0.2, 0.25) is 0 Å². The van der Waals surface area contributed by atoms with Gasteiger partial charge in [-0.3, -0.25) is 0 Å². The number of hydrogen-bond donors (Lipinski definition) is 2. The maximum atomic E-state index is 6.23. The van der Waals surface area contributed by atoms with Crippen molar-refractivity contribution in [2.45, 2.75) is 64.0 Å². The van der Waals surface area contributed by atoms with Gasteiger partial charge in [-0.15, -0.1) is 0 Å². The van der Waals surface area contributed by atoms with Crippen molar-refractivity contribution in [2.75, 3.05) is 6.54 Å². The molecule has 0 aliphatic heterocycles. The van der Waals surface area contributed by atoms with Crippen LogP contribution < -0.4 is 11.1 Å². The summed E-state index contributed by atoms with van der Waals surface area (Å²) in [6, 6.07) is 11.4. The zero-order valence-corrected chi connectivity index (χ0v) is 12.9. The summed E-state index contributed by atoms with van der Waals surface area (Å²) >= 11 is 0. The van der Waals surface area contributed by atoms with Crippen molar-refractivity contribution in [3.63, 3.8) is 0 Å². The van der Waals surface area contributed by atoms with Gasteiger partial charge in [-0.05, 0) is 50.1 Å². The largest absolute Gasteiger partial charge is 0.324 e. The van der Waals surface area contributed by atoms with Crippen LogP contribution in [0.25, 0.3) is 0 Å². The predicted molar refractivity (Wildman–Crippen MR) is 86.6 cm³/mol. The van der Waals surface area contributed by atoms with E-state index in [1.54, 1.807) is 0 Å². The molecule has 1 aromatic carbocycles. The normalized spacial score (nSPS) is 25.1. The Balaban J connectivity index is 1.61. The molecular formula is C18H30N2. The molecule has 2 heteroatoms. The van der Waals surface area contributed by atoms with Gasteiger partial charge >= 0.3 is 0 Å². The van der Waals surface area contributed by atoms with Crippen LogP contribution in [-0.2, 0) is 0 Å². The van der Waals surface area contributed by atoms with E-state index in [9.17, 15) is 0 Å². The monoisotopic (exact) mass is 274 g/mol. The topological polar surface area (TPSA) is 38.0 Å². The van der Waals surface area contributed by atoms with Crippen molar-refractivity contribution >= 4 is 0 Å². The van der Waals surface area contributed by atoms with Crippen LogP contribution in [0.1, 0.15) is 63.5 Å². The molecule has 1 aromatic rings. The molecule has 2 nitrogen and oxygen atoms in total. The van der Waals surface area contributed by atoms with Gasteiger partial charge in [0, 0.05) is 12.1 Å². The van der Waals surface area contributed by atoms with Crippen LogP contribution in [0.3, 0.4) is 0 Å². The third-order valence-corrected chi connectivity index (χ3v) is 4.61. The minimum Gasteiger partial charge on any atom is -0.324 e. The molecule has 2 rings (SSSR count). The van der Waals surface area contributed by atoms with Gasteiger partial charge in [-0.1, -0.05) is 50.1 Å². The maximum Gasteiger partial charge on any atom is 0.0295 e. The molecule has 1 fully saturated rings. The Morgan fingerprint density at radius 2 is 1.95 bits per heavy atom. The lowest BCUT2D eigenvalue weighted by Gasteiger charge is -2.17. The first-order valence-corrected chi connectivity index (χ1v) is 8.29. The lowest BCUT2D eigenvalue weighted by Crippen LogP contribution is -2.29. The number of hydrogen-bond acceptors (Lipinski definition) is 2. The Labute approximate surface area is 124 Å². The second kappa shape index (κ2) is 8.43. The molecule has 0 heterocycles. The van der Waals surface area contributed by atoms with E-state index >= 15 is 0 Å². The molecule has 3 N–H and O–H groups in total. The summed E-state index contributed by atoms with van der Waals surface area (Å²) in [5, 5.41) is 3.73. The molecule has 0 amide bonds. The third-order valence-electron chi connectivity index (χ3n) is 4.61. The van der Waals surface area contributed by atoms with Gasteiger partial charge in [0.05, 0.1) is 0 Å². The Morgan fingerprint density at radius 3 is 2.75 bits per heavy atom. The van der Waals surface area contributed by atoms with E-state index in [-0.39, 0.29) is 6.04 Å². The summed E-state index contributed by atoms with van der Waals surface area (Å²) < 4.78 is 0. The number of benzene rings is 1. The van der Waals surface area contributed by atoms with E-state index in [2.05, 4.69) is 36.5 Å². The van der Waals surface area contributed by atoms with Crippen LogP contribution in [0.15, 0.2) is 30.3 Å². The summed E-state index contributed by atoms with van der Waals surface area (Å²) in [5.74, 6) is 0.924. The van der Waals surface area contributed by atoms with E-state index in [0.29, 0.717) is 0 Å². The van der Waals surface area contributed by atoms with Crippen LogP contribution >= 0.6 is 0 Å². The first kappa shape index (κ1) is 15.5. The molecule has 1 aliphatic rings. The summed E-state index contributed by atoms with van der Waals surface area (Å²) in [7, 11) is 0. The quantitative estimate of drug-likeness (QED) is 0.607. The third kappa shape index (κ3) is 5.26. The van der Waals surface area contributed by atoms with Gasteiger partial charge in [-0.2, -0.15) is 0 Å². The van der Waals surface area contributed by atoms with Crippen LogP contribution in [0, 0.1) is 5.92 Å². The van der Waals surface area contributed by atoms with Gasteiger partial charge in [0.15, 0.2) is 0 Å². The van der Waals surface area contributed by atoms with Gasteiger partial charge < -0.3 is 11.1 Å². The van der Waals surface area contributed by atoms with Crippen LogP contribution in [0.2, 0.25) is 0 Å². The molecule has 20 heavy (non-hydrogen) atoms. The average Bonchev–Trinajstić information content (AvgIpc) is 2.69. The Hall–Kier alpha value is -0.860. The zero-order valence-electron chi connectivity index (χ0n) is 12.9.